The summed E-state index contributed by atoms with van der Waals surface area (Å²) in [5.74, 6) is 0. The standard InChI is InChI=1S/C11H9Cl2NO/c12-8-1-2-10(13)9(5-8)11(14)7-3-4-15-6-7/h1-6,11H,14H2. The molecular formula is C11H9Cl2NO. The second kappa shape index (κ2) is 4.27. The molecule has 1 aromatic heterocycles. The van der Waals surface area contributed by atoms with E-state index in [0.29, 0.717) is 10.0 Å². The van der Waals surface area contributed by atoms with Gasteiger partial charge in [-0.1, -0.05) is 23.2 Å². The SMILES string of the molecule is NC(c1ccoc1)c1cc(Cl)ccc1Cl. The molecule has 0 fully saturated rings. The highest BCUT2D eigenvalue weighted by Crippen LogP contribution is 2.29. The Labute approximate surface area is 97.6 Å². The zero-order valence-corrected chi connectivity index (χ0v) is 9.29. The number of rotatable bonds is 2. The first-order chi connectivity index (χ1) is 7.18. The highest BCUT2D eigenvalue weighted by Gasteiger charge is 2.13. The predicted octanol–water partition coefficient (Wildman–Crippen LogP) is 3.63. The van der Waals surface area contributed by atoms with E-state index in [1.54, 1.807) is 30.7 Å². The largest absolute Gasteiger partial charge is 0.472 e. The van der Waals surface area contributed by atoms with Crippen LogP contribution in [0.25, 0.3) is 0 Å². The molecule has 1 atom stereocenters. The predicted molar refractivity (Wildman–Crippen MR) is 61.2 cm³/mol. The smallest absolute Gasteiger partial charge is 0.0953 e. The van der Waals surface area contributed by atoms with E-state index in [2.05, 4.69) is 0 Å². The summed E-state index contributed by atoms with van der Waals surface area (Å²) in [7, 11) is 0. The van der Waals surface area contributed by atoms with Gasteiger partial charge in [-0.15, -0.1) is 0 Å². The zero-order valence-electron chi connectivity index (χ0n) is 7.78. The summed E-state index contributed by atoms with van der Waals surface area (Å²) >= 11 is 11.9. The highest BCUT2D eigenvalue weighted by molar-refractivity contribution is 6.33. The summed E-state index contributed by atoms with van der Waals surface area (Å²) in [6, 6.07) is 6.73. The summed E-state index contributed by atoms with van der Waals surface area (Å²) in [6.07, 6.45) is 3.18. The molecule has 1 heterocycles. The van der Waals surface area contributed by atoms with Gasteiger partial charge in [-0.05, 0) is 29.8 Å². The van der Waals surface area contributed by atoms with E-state index in [9.17, 15) is 0 Å². The Kier molecular flexibility index (Phi) is 3.00. The molecular weight excluding hydrogens is 233 g/mol. The van der Waals surface area contributed by atoms with Crippen molar-refractivity contribution in [3.05, 3.63) is 58.0 Å². The van der Waals surface area contributed by atoms with Crippen LogP contribution in [0.4, 0.5) is 0 Å². The Morgan fingerprint density at radius 3 is 2.67 bits per heavy atom. The fourth-order valence-electron chi connectivity index (χ4n) is 1.38. The normalized spacial score (nSPS) is 12.7. The number of nitrogens with two attached hydrogens (primary N) is 1. The Morgan fingerprint density at radius 1 is 1.20 bits per heavy atom. The van der Waals surface area contributed by atoms with Crippen LogP contribution in [0.3, 0.4) is 0 Å². The van der Waals surface area contributed by atoms with Crippen molar-refractivity contribution in [1.82, 2.24) is 0 Å². The van der Waals surface area contributed by atoms with Crippen LogP contribution in [-0.2, 0) is 0 Å². The molecule has 0 amide bonds. The summed E-state index contributed by atoms with van der Waals surface area (Å²) in [5, 5.41) is 1.22. The van der Waals surface area contributed by atoms with Gasteiger partial charge in [0.15, 0.2) is 0 Å². The Balaban J connectivity index is 2.41. The summed E-state index contributed by atoms with van der Waals surface area (Å²) in [5.41, 5.74) is 7.70. The minimum absolute atomic E-state index is 0.310. The van der Waals surface area contributed by atoms with Gasteiger partial charge in [-0.3, -0.25) is 0 Å². The third-order valence-electron chi connectivity index (χ3n) is 2.20. The minimum atomic E-state index is -0.310. The van der Waals surface area contributed by atoms with Gasteiger partial charge in [0.2, 0.25) is 0 Å². The molecule has 2 N–H and O–H groups in total. The molecule has 0 bridgehead atoms. The van der Waals surface area contributed by atoms with Gasteiger partial charge in [0.05, 0.1) is 18.6 Å². The second-order valence-corrected chi connectivity index (χ2v) is 4.04. The maximum atomic E-state index is 6.04. The Bertz CT molecular complexity index is 454. The topological polar surface area (TPSA) is 39.2 Å². The van der Waals surface area contributed by atoms with E-state index >= 15 is 0 Å². The quantitative estimate of drug-likeness (QED) is 0.873. The molecule has 0 aliphatic carbocycles. The molecule has 0 saturated carbocycles. The fourth-order valence-corrected chi connectivity index (χ4v) is 1.80. The van der Waals surface area contributed by atoms with Gasteiger partial charge in [0.25, 0.3) is 0 Å². The van der Waals surface area contributed by atoms with Gasteiger partial charge in [0, 0.05) is 15.6 Å². The average molecular weight is 242 g/mol. The van der Waals surface area contributed by atoms with Gasteiger partial charge in [-0.25, -0.2) is 0 Å². The third kappa shape index (κ3) is 2.17. The number of furan rings is 1. The molecule has 1 aromatic carbocycles. The summed E-state index contributed by atoms with van der Waals surface area (Å²) in [6.45, 7) is 0. The average Bonchev–Trinajstić information content (AvgIpc) is 2.74. The number of benzene rings is 1. The van der Waals surface area contributed by atoms with Crippen LogP contribution in [-0.4, -0.2) is 0 Å². The molecule has 1 unspecified atom stereocenters. The van der Waals surface area contributed by atoms with Gasteiger partial charge in [0.1, 0.15) is 0 Å². The van der Waals surface area contributed by atoms with Crippen molar-refractivity contribution in [2.24, 2.45) is 5.73 Å². The van der Waals surface area contributed by atoms with Crippen LogP contribution < -0.4 is 5.73 Å². The molecule has 15 heavy (non-hydrogen) atoms. The van der Waals surface area contributed by atoms with Crippen molar-refractivity contribution in [2.45, 2.75) is 6.04 Å². The van der Waals surface area contributed by atoms with Crippen molar-refractivity contribution in [3.63, 3.8) is 0 Å². The van der Waals surface area contributed by atoms with Crippen molar-refractivity contribution in [3.8, 4) is 0 Å². The van der Waals surface area contributed by atoms with Crippen molar-refractivity contribution < 1.29 is 4.42 Å². The third-order valence-corrected chi connectivity index (χ3v) is 2.77. The lowest BCUT2D eigenvalue weighted by Gasteiger charge is -2.11. The number of halogens is 2. The molecule has 0 radical (unpaired) electrons. The molecule has 0 spiro atoms. The first kappa shape index (κ1) is 10.6. The molecule has 4 heteroatoms. The van der Waals surface area contributed by atoms with E-state index in [1.165, 1.54) is 0 Å². The second-order valence-electron chi connectivity index (χ2n) is 3.20. The van der Waals surface area contributed by atoms with E-state index < -0.39 is 0 Å². The highest BCUT2D eigenvalue weighted by atomic mass is 35.5. The Morgan fingerprint density at radius 2 is 2.00 bits per heavy atom. The van der Waals surface area contributed by atoms with Crippen molar-refractivity contribution in [1.29, 1.82) is 0 Å². The number of hydrogen-bond donors (Lipinski definition) is 1. The zero-order chi connectivity index (χ0) is 10.8. The molecule has 0 aliphatic rings. The first-order valence-electron chi connectivity index (χ1n) is 4.41. The molecule has 2 aromatic rings. The van der Waals surface area contributed by atoms with Gasteiger partial charge < -0.3 is 10.2 Å². The van der Waals surface area contributed by atoms with Crippen LogP contribution in [0.5, 0.6) is 0 Å². The van der Waals surface area contributed by atoms with Crippen LogP contribution in [0, 0.1) is 0 Å². The maximum absolute atomic E-state index is 6.04. The molecule has 2 nitrogen and oxygen atoms in total. The molecule has 0 saturated heterocycles. The lowest BCUT2D eigenvalue weighted by Crippen LogP contribution is -2.11. The van der Waals surface area contributed by atoms with Gasteiger partial charge >= 0.3 is 0 Å². The van der Waals surface area contributed by atoms with Crippen LogP contribution in [0.2, 0.25) is 10.0 Å². The van der Waals surface area contributed by atoms with E-state index in [-0.39, 0.29) is 6.04 Å². The molecule has 0 aliphatic heterocycles. The summed E-state index contributed by atoms with van der Waals surface area (Å²) in [4.78, 5) is 0. The lowest BCUT2D eigenvalue weighted by molar-refractivity contribution is 0.562. The number of hydrogen-bond acceptors (Lipinski definition) is 2. The molecule has 78 valence electrons. The summed E-state index contributed by atoms with van der Waals surface area (Å²) < 4.78 is 4.97. The van der Waals surface area contributed by atoms with E-state index in [1.807, 2.05) is 6.07 Å². The molecule has 2 rings (SSSR count). The van der Waals surface area contributed by atoms with Crippen molar-refractivity contribution in [2.75, 3.05) is 0 Å². The minimum Gasteiger partial charge on any atom is -0.472 e. The fraction of sp³-hybridized carbons (Fsp3) is 0.0909. The van der Waals surface area contributed by atoms with E-state index in [0.717, 1.165) is 11.1 Å². The van der Waals surface area contributed by atoms with Gasteiger partial charge in [-0.2, -0.15) is 0 Å². The Hall–Kier alpha value is -0.960. The van der Waals surface area contributed by atoms with Crippen LogP contribution >= 0.6 is 23.2 Å². The van der Waals surface area contributed by atoms with Crippen LogP contribution in [0.1, 0.15) is 17.2 Å². The lowest BCUT2D eigenvalue weighted by atomic mass is 10.0. The van der Waals surface area contributed by atoms with Crippen LogP contribution in [0.15, 0.2) is 41.2 Å². The van der Waals surface area contributed by atoms with Crippen molar-refractivity contribution >= 4 is 23.2 Å². The maximum Gasteiger partial charge on any atom is 0.0953 e. The first-order valence-corrected chi connectivity index (χ1v) is 5.16. The van der Waals surface area contributed by atoms with E-state index in [4.69, 9.17) is 33.4 Å². The monoisotopic (exact) mass is 241 g/mol.